The highest BCUT2D eigenvalue weighted by atomic mass is 16.5. The highest BCUT2D eigenvalue weighted by molar-refractivity contribution is 4.84. The Morgan fingerprint density at radius 3 is 2.68 bits per heavy atom. The molecule has 2 aliphatic heterocycles. The highest BCUT2D eigenvalue weighted by Crippen LogP contribution is 2.23. The minimum Gasteiger partial charge on any atom is -0.393 e. The number of hydrogen-bond acceptors (Lipinski definition) is 4. The fraction of sp³-hybridized carbons (Fsp3) is 1.00. The molecule has 2 fully saturated rings. The lowest BCUT2D eigenvalue weighted by Crippen LogP contribution is -2.49. The Balaban J connectivity index is 1.77. The van der Waals surface area contributed by atoms with Gasteiger partial charge in [0.1, 0.15) is 0 Å². The molecule has 0 aliphatic carbocycles. The van der Waals surface area contributed by atoms with E-state index in [2.05, 4.69) is 17.1 Å². The highest BCUT2D eigenvalue weighted by Gasteiger charge is 2.29. The normalized spacial score (nSPS) is 32.4. The average Bonchev–Trinajstić information content (AvgIpc) is 2.42. The van der Waals surface area contributed by atoms with E-state index in [1.165, 1.54) is 0 Å². The van der Waals surface area contributed by atoms with Crippen LogP contribution in [0.25, 0.3) is 0 Å². The Hall–Kier alpha value is -0.160. The van der Waals surface area contributed by atoms with E-state index < -0.39 is 0 Å². The molecule has 4 heteroatoms. The van der Waals surface area contributed by atoms with Gasteiger partial charge in [-0.2, -0.15) is 0 Å². The summed E-state index contributed by atoms with van der Waals surface area (Å²) in [6.07, 6.45) is 3.27. The minimum atomic E-state index is -0.144. The van der Waals surface area contributed by atoms with Crippen LogP contribution >= 0.6 is 0 Å². The zero-order valence-electron chi connectivity index (χ0n) is 12.5. The van der Waals surface area contributed by atoms with Gasteiger partial charge in [-0.15, -0.1) is 0 Å². The molecule has 4 nitrogen and oxygen atoms in total. The van der Waals surface area contributed by atoms with Crippen molar-refractivity contribution in [3.8, 4) is 0 Å². The van der Waals surface area contributed by atoms with Crippen LogP contribution < -0.4 is 5.32 Å². The summed E-state index contributed by atoms with van der Waals surface area (Å²) in [4.78, 5) is 2.56. The first kappa shape index (κ1) is 15.2. The molecule has 0 aromatic heterocycles. The molecule has 0 aromatic carbocycles. The number of likely N-dealkylation sites (tertiary alicyclic amines) is 1. The van der Waals surface area contributed by atoms with Gasteiger partial charge in [0.05, 0.1) is 12.7 Å². The maximum atomic E-state index is 9.65. The van der Waals surface area contributed by atoms with Crippen LogP contribution in [0.15, 0.2) is 0 Å². The quantitative estimate of drug-likeness (QED) is 0.785. The van der Waals surface area contributed by atoms with E-state index in [0.29, 0.717) is 17.9 Å². The van der Waals surface area contributed by atoms with E-state index >= 15 is 0 Å². The van der Waals surface area contributed by atoms with E-state index in [1.54, 1.807) is 0 Å². The van der Waals surface area contributed by atoms with Gasteiger partial charge in [0.25, 0.3) is 0 Å². The fourth-order valence-corrected chi connectivity index (χ4v) is 3.46. The number of rotatable bonds is 5. The summed E-state index contributed by atoms with van der Waals surface area (Å²) in [6.45, 7) is 10.4. The van der Waals surface area contributed by atoms with E-state index in [0.717, 1.165) is 58.7 Å². The summed E-state index contributed by atoms with van der Waals surface area (Å²) in [6, 6.07) is 0.619. The van der Waals surface area contributed by atoms with Crippen LogP contribution in [-0.2, 0) is 4.74 Å². The minimum absolute atomic E-state index is 0.144. The SMILES string of the molecule is CCNC1CCOCC1CN1CCC(C(C)O)CC1. The van der Waals surface area contributed by atoms with Crippen molar-refractivity contribution in [2.24, 2.45) is 11.8 Å². The van der Waals surface area contributed by atoms with Crippen LogP contribution in [0.3, 0.4) is 0 Å². The van der Waals surface area contributed by atoms with Crippen molar-refractivity contribution in [2.45, 2.75) is 45.3 Å². The molecule has 2 rings (SSSR count). The molecule has 0 saturated carbocycles. The molecule has 2 aliphatic rings. The molecule has 2 heterocycles. The fourth-order valence-electron chi connectivity index (χ4n) is 3.46. The van der Waals surface area contributed by atoms with Crippen LogP contribution in [0.4, 0.5) is 0 Å². The number of aliphatic hydroxyl groups is 1. The lowest BCUT2D eigenvalue weighted by molar-refractivity contribution is 0.00577. The molecule has 0 spiro atoms. The Labute approximate surface area is 117 Å². The van der Waals surface area contributed by atoms with Gasteiger partial charge in [-0.05, 0) is 51.7 Å². The molecule has 3 atom stereocenters. The van der Waals surface area contributed by atoms with Gasteiger partial charge in [-0.3, -0.25) is 0 Å². The average molecular weight is 270 g/mol. The maximum absolute atomic E-state index is 9.65. The van der Waals surface area contributed by atoms with Crippen LogP contribution in [0.5, 0.6) is 0 Å². The Kier molecular flexibility index (Phi) is 6.07. The van der Waals surface area contributed by atoms with Crippen molar-refractivity contribution in [3.05, 3.63) is 0 Å². The third kappa shape index (κ3) is 4.42. The van der Waals surface area contributed by atoms with Crippen LogP contribution in [-0.4, -0.2) is 61.5 Å². The molecule has 0 bridgehead atoms. The van der Waals surface area contributed by atoms with Gasteiger partial charge in [-0.25, -0.2) is 0 Å². The number of aliphatic hydroxyl groups excluding tert-OH is 1. The molecular weight excluding hydrogens is 240 g/mol. The first-order valence-corrected chi connectivity index (χ1v) is 7.92. The summed E-state index contributed by atoms with van der Waals surface area (Å²) in [5.41, 5.74) is 0. The lowest BCUT2D eigenvalue weighted by Gasteiger charge is -2.39. The molecule has 0 amide bonds. The smallest absolute Gasteiger partial charge is 0.0541 e. The zero-order valence-corrected chi connectivity index (χ0v) is 12.5. The Bertz CT molecular complexity index is 251. The number of nitrogens with one attached hydrogen (secondary N) is 1. The van der Waals surface area contributed by atoms with Gasteiger partial charge in [0.2, 0.25) is 0 Å². The van der Waals surface area contributed by atoms with Crippen molar-refractivity contribution >= 4 is 0 Å². The predicted octanol–water partition coefficient (Wildman–Crippen LogP) is 1.09. The second-order valence-electron chi connectivity index (χ2n) is 6.17. The Morgan fingerprint density at radius 1 is 1.32 bits per heavy atom. The molecule has 0 radical (unpaired) electrons. The van der Waals surface area contributed by atoms with Crippen molar-refractivity contribution in [1.82, 2.24) is 10.2 Å². The van der Waals surface area contributed by atoms with E-state index in [-0.39, 0.29) is 6.10 Å². The van der Waals surface area contributed by atoms with Gasteiger partial charge in [0, 0.05) is 25.1 Å². The lowest BCUT2D eigenvalue weighted by atomic mass is 9.90. The van der Waals surface area contributed by atoms with Crippen molar-refractivity contribution in [3.63, 3.8) is 0 Å². The monoisotopic (exact) mass is 270 g/mol. The van der Waals surface area contributed by atoms with Gasteiger partial charge >= 0.3 is 0 Å². The second-order valence-corrected chi connectivity index (χ2v) is 6.17. The van der Waals surface area contributed by atoms with Crippen LogP contribution in [0, 0.1) is 11.8 Å². The number of hydrogen-bond donors (Lipinski definition) is 2. The number of ether oxygens (including phenoxy) is 1. The molecule has 2 N–H and O–H groups in total. The summed E-state index contributed by atoms with van der Waals surface area (Å²) < 4.78 is 5.65. The van der Waals surface area contributed by atoms with E-state index in [9.17, 15) is 5.11 Å². The molecule has 19 heavy (non-hydrogen) atoms. The third-order valence-electron chi connectivity index (χ3n) is 4.75. The van der Waals surface area contributed by atoms with Gasteiger partial charge in [-0.1, -0.05) is 6.92 Å². The Morgan fingerprint density at radius 2 is 2.05 bits per heavy atom. The first-order chi connectivity index (χ1) is 9.20. The zero-order chi connectivity index (χ0) is 13.7. The second kappa shape index (κ2) is 7.58. The number of nitrogens with zero attached hydrogens (tertiary/aromatic N) is 1. The van der Waals surface area contributed by atoms with E-state index in [4.69, 9.17) is 4.74 Å². The number of piperidine rings is 1. The van der Waals surface area contributed by atoms with E-state index in [1.807, 2.05) is 6.92 Å². The van der Waals surface area contributed by atoms with Crippen molar-refractivity contribution in [1.29, 1.82) is 0 Å². The molecular formula is C15H30N2O2. The van der Waals surface area contributed by atoms with Crippen molar-refractivity contribution < 1.29 is 9.84 Å². The summed E-state index contributed by atoms with van der Waals surface area (Å²) >= 11 is 0. The topological polar surface area (TPSA) is 44.7 Å². The largest absolute Gasteiger partial charge is 0.393 e. The van der Waals surface area contributed by atoms with Crippen LogP contribution in [0.2, 0.25) is 0 Å². The standard InChI is InChI=1S/C15H30N2O2/c1-3-16-15-6-9-19-11-14(15)10-17-7-4-13(5-8-17)12(2)18/h12-16,18H,3-11H2,1-2H3. The van der Waals surface area contributed by atoms with Crippen molar-refractivity contribution in [2.75, 3.05) is 39.4 Å². The summed E-state index contributed by atoms with van der Waals surface area (Å²) in [5, 5.41) is 13.3. The molecule has 2 saturated heterocycles. The molecule has 3 unspecified atom stereocenters. The third-order valence-corrected chi connectivity index (χ3v) is 4.75. The van der Waals surface area contributed by atoms with Gasteiger partial charge < -0.3 is 20.1 Å². The first-order valence-electron chi connectivity index (χ1n) is 7.92. The maximum Gasteiger partial charge on any atom is 0.0541 e. The predicted molar refractivity (Wildman–Crippen MR) is 77.2 cm³/mol. The molecule has 0 aromatic rings. The molecule has 112 valence electrons. The summed E-state index contributed by atoms with van der Waals surface area (Å²) in [7, 11) is 0. The summed E-state index contributed by atoms with van der Waals surface area (Å²) in [5.74, 6) is 1.13. The van der Waals surface area contributed by atoms with Gasteiger partial charge in [0.15, 0.2) is 0 Å². The van der Waals surface area contributed by atoms with Crippen LogP contribution in [0.1, 0.15) is 33.1 Å².